The van der Waals surface area contributed by atoms with Gasteiger partial charge in [-0.15, -0.1) is 0 Å². The summed E-state index contributed by atoms with van der Waals surface area (Å²) < 4.78 is 26.5. The van der Waals surface area contributed by atoms with Gasteiger partial charge in [-0.25, -0.2) is 8.78 Å². The van der Waals surface area contributed by atoms with Crippen molar-refractivity contribution in [2.75, 3.05) is 0 Å². The van der Waals surface area contributed by atoms with Crippen LogP contribution in [0.15, 0.2) is 10.5 Å². The average molecular weight is 265 g/mol. The Morgan fingerprint density at radius 2 is 1.93 bits per heavy atom. The molecular weight excluding hydrogens is 258 g/mol. The first-order valence-electron chi connectivity index (χ1n) is 4.05. The molecule has 1 aromatic carbocycles. The summed E-state index contributed by atoms with van der Waals surface area (Å²) in [5.41, 5.74) is -1.74. The second kappa shape index (κ2) is 2.90. The Bertz CT molecular complexity index is 402. The van der Waals surface area contributed by atoms with Crippen LogP contribution >= 0.6 is 15.9 Å². The monoisotopic (exact) mass is 264 g/mol. The van der Waals surface area contributed by atoms with Gasteiger partial charge in [-0.1, -0.05) is 0 Å². The third-order valence-corrected chi connectivity index (χ3v) is 3.08. The highest BCUT2D eigenvalue weighted by Crippen LogP contribution is 2.49. The number of aliphatic hydroxyl groups is 1. The molecule has 0 bridgehead atoms. The number of aromatic hydroxyl groups is 1. The first-order chi connectivity index (χ1) is 6.46. The smallest absolute Gasteiger partial charge is 0.150 e. The van der Waals surface area contributed by atoms with Crippen LogP contribution in [-0.2, 0) is 5.60 Å². The van der Waals surface area contributed by atoms with Crippen molar-refractivity contribution in [3.63, 3.8) is 0 Å². The summed E-state index contributed by atoms with van der Waals surface area (Å²) in [6.07, 6.45) is 0.691. The molecule has 1 saturated carbocycles. The van der Waals surface area contributed by atoms with Gasteiger partial charge in [0.2, 0.25) is 0 Å². The van der Waals surface area contributed by atoms with Crippen molar-refractivity contribution in [2.24, 2.45) is 0 Å². The first kappa shape index (κ1) is 9.86. The molecule has 14 heavy (non-hydrogen) atoms. The van der Waals surface area contributed by atoms with Gasteiger partial charge >= 0.3 is 0 Å². The Morgan fingerprint density at radius 1 is 1.36 bits per heavy atom. The summed E-state index contributed by atoms with van der Waals surface area (Å²) in [5.74, 6) is -2.35. The van der Waals surface area contributed by atoms with Crippen molar-refractivity contribution >= 4 is 15.9 Å². The Labute approximate surface area is 87.3 Å². The highest BCUT2D eigenvalue weighted by atomic mass is 79.9. The Morgan fingerprint density at radius 3 is 2.43 bits per heavy atom. The molecule has 0 spiro atoms. The normalized spacial score (nSPS) is 18.3. The van der Waals surface area contributed by atoms with Gasteiger partial charge in [-0.2, -0.15) is 0 Å². The molecule has 76 valence electrons. The van der Waals surface area contributed by atoms with Crippen LogP contribution in [0, 0.1) is 11.6 Å². The molecule has 1 aliphatic carbocycles. The summed E-state index contributed by atoms with van der Waals surface area (Å²) in [6.45, 7) is 0. The Kier molecular flexibility index (Phi) is 2.04. The van der Waals surface area contributed by atoms with E-state index in [1.807, 2.05) is 0 Å². The number of phenols is 1. The van der Waals surface area contributed by atoms with Gasteiger partial charge in [0.05, 0.1) is 15.6 Å². The van der Waals surface area contributed by atoms with Gasteiger partial charge in [0, 0.05) is 6.07 Å². The molecule has 1 fully saturated rings. The molecule has 1 aliphatic rings. The number of halogens is 3. The maximum absolute atomic E-state index is 13.5. The highest BCUT2D eigenvalue weighted by Gasteiger charge is 2.47. The van der Waals surface area contributed by atoms with E-state index in [2.05, 4.69) is 15.9 Å². The minimum atomic E-state index is -1.38. The number of hydrogen-bond donors (Lipinski definition) is 2. The van der Waals surface area contributed by atoms with Crippen molar-refractivity contribution in [2.45, 2.75) is 18.4 Å². The van der Waals surface area contributed by atoms with E-state index >= 15 is 0 Å². The lowest BCUT2D eigenvalue weighted by atomic mass is 10.1. The van der Waals surface area contributed by atoms with Gasteiger partial charge in [0.15, 0.2) is 0 Å². The van der Waals surface area contributed by atoms with Crippen LogP contribution in [0.3, 0.4) is 0 Å². The third kappa shape index (κ3) is 1.31. The fourth-order valence-electron chi connectivity index (χ4n) is 1.38. The topological polar surface area (TPSA) is 40.5 Å². The first-order valence-corrected chi connectivity index (χ1v) is 4.84. The lowest BCUT2D eigenvalue weighted by Gasteiger charge is -2.12. The molecule has 0 heterocycles. The molecule has 2 nitrogen and oxygen atoms in total. The lowest BCUT2D eigenvalue weighted by Crippen LogP contribution is -2.11. The summed E-state index contributed by atoms with van der Waals surface area (Å²) in [7, 11) is 0. The lowest BCUT2D eigenvalue weighted by molar-refractivity contribution is 0.141. The Hall–Kier alpha value is -0.680. The van der Waals surface area contributed by atoms with Crippen molar-refractivity contribution < 1.29 is 19.0 Å². The van der Waals surface area contributed by atoms with E-state index in [1.54, 1.807) is 0 Å². The molecule has 0 amide bonds. The highest BCUT2D eigenvalue weighted by molar-refractivity contribution is 9.10. The predicted molar refractivity (Wildman–Crippen MR) is 48.9 cm³/mol. The SMILES string of the molecule is Oc1cc(F)c(C2(O)CC2)c(F)c1Br. The summed E-state index contributed by atoms with van der Waals surface area (Å²) in [6, 6.07) is 0.790. The quantitative estimate of drug-likeness (QED) is 0.765. The maximum Gasteiger partial charge on any atom is 0.150 e. The van der Waals surface area contributed by atoms with Gasteiger partial charge in [0.25, 0.3) is 0 Å². The fourth-order valence-corrected chi connectivity index (χ4v) is 1.69. The molecule has 1 aromatic rings. The van der Waals surface area contributed by atoms with E-state index in [-0.39, 0.29) is 10.0 Å². The number of phenolic OH excluding ortho intramolecular Hbond substituents is 1. The van der Waals surface area contributed by atoms with E-state index in [4.69, 9.17) is 5.11 Å². The van der Waals surface area contributed by atoms with Crippen molar-refractivity contribution in [1.82, 2.24) is 0 Å². The number of benzene rings is 1. The predicted octanol–water partition coefficient (Wildman–Crippen LogP) is 2.41. The minimum absolute atomic E-state index is 0.214. The van der Waals surface area contributed by atoms with E-state index in [0.717, 1.165) is 6.07 Å². The molecule has 0 aliphatic heterocycles. The van der Waals surface area contributed by atoms with Crippen molar-refractivity contribution in [1.29, 1.82) is 0 Å². The van der Waals surface area contributed by atoms with Crippen LogP contribution < -0.4 is 0 Å². The zero-order valence-corrected chi connectivity index (χ0v) is 8.61. The summed E-state index contributed by atoms with van der Waals surface area (Å²) >= 11 is 2.78. The van der Waals surface area contributed by atoms with Crippen LogP contribution in [-0.4, -0.2) is 10.2 Å². The van der Waals surface area contributed by atoms with Gasteiger partial charge in [-0.05, 0) is 28.8 Å². The van der Waals surface area contributed by atoms with E-state index in [0.29, 0.717) is 12.8 Å². The van der Waals surface area contributed by atoms with Crippen molar-refractivity contribution in [3.8, 4) is 5.75 Å². The van der Waals surface area contributed by atoms with Crippen LogP contribution in [0.1, 0.15) is 18.4 Å². The maximum atomic E-state index is 13.5. The zero-order valence-electron chi connectivity index (χ0n) is 7.02. The largest absolute Gasteiger partial charge is 0.507 e. The standard InChI is InChI=1S/C9H7BrF2O2/c10-7-5(13)3-4(11)6(8(7)12)9(14)1-2-9/h3,13-14H,1-2H2. The minimum Gasteiger partial charge on any atom is -0.507 e. The second-order valence-corrected chi connectivity index (χ2v) is 4.21. The molecule has 5 heteroatoms. The molecule has 0 aromatic heterocycles. The van der Waals surface area contributed by atoms with E-state index < -0.39 is 23.0 Å². The molecule has 0 saturated heterocycles. The zero-order chi connectivity index (χ0) is 10.5. The van der Waals surface area contributed by atoms with Crippen molar-refractivity contribution in [3.05, 3.63) is 27.7 Å². The fraction of sp³-hybridized carbons (Fsp3) is 0.333. The third-order valence-electron chi connectivity index (χ3n) is 2.33. The molecule has 0 atom stereocenters. The van der Waals surface area contributed by atoms with Crippen LogP contribution in [0.2, 0.25) is 0 Å². The second-order valence-electron chi connectivity index (χ2n) is 3.41. The van der Waals surface area contributed by atoms with Gasteiger partial charge in [0.1, 0.15) is 17.4 Å². The molecule has 2 N–H and O–H groups in total. The molecule has 2 rings (SSSR count). The van der Waals surface area contributed by atoms with Crippen LogP contribution in [0.4, 0.5) is 8.78 Å². The molecule has 0 radical (unpaired) electrons. The summed E-state index contributed by atoms with van der Waals surface area (Å²) in [4.78, 5) is 0. The summed E-state index contributed by atoms with van der Waals surface area (Å²) in [5, 5.41) is 18.7. The number of hydrogen-bond acceptors (Lipinski definition) is 2. The van der Waals surface area contributed by atoms with E-state index in [9.17, 15) is 13.9 Å². The van der Waals surface area contributed by atoms with Gasteiger partial charge < -0.3 is 10.2 Å². The van der Waals surface area contributed by atoms with Crippen LogP contribution in [0.5, 0.6) is 5.75 Å². The molecular formula is C9H7BrF2O2. The number of rotatable bonds is 1. The van der Waals surface area contributed by atoms with Crippen LogP contribution in [0.25, 0.3) is 0 Å². The Balaban J connectivity index is 2.65. The molecule has 0 unspecified atom stereocenters. The van der Waals surface area contributed by atoms with Gasteiger partial charge in [-0.3, -0.25) is 0 Å². The van der Waals surface area contributed by atoms with E-state index in [1.165, 1.54) is 0 Å². The average Bonchev–Trinajstić information content (AvgIpc) is 2.80.